The molecular weight excluding hydrogens is 357 g/mol. The van der Waals surface area contributed by atoms with Crippen molar-refractivity contribution in [1.29, 1.82) is 0 Å². The summed E-state index contributed by atoms with van der Waals surface area (Å²) in [6, 6.07) is 5.65. The molecule has 2 rings (SSSR count). The smallest absolute Gasteiger partial charge is 0.325 e. The molecule has 0 saturated carbocycles. The largest absolute Gasteiger partial charge is 0.423 e. The summed E-state index contributed by atoms with van der Waals surface area (Å²) < 4.78 is 19.5. The molecule has 2 N–H and O–H groups in total. The van der Waals surface area contributed by atoms with Gasteiger partial charge in [0, 0.05) is 12.1 Å². The highest BCUT2D eigenvalue weighted by molar-refractivity contribution is 9.10. The van der Waals surface area contributed by atoms with Gasteiger partial charge in [0.2, 0.25) is 0 Å². The summed E-state index contributed by atoms with van der Waals surface area (Å²) in [6.07, 6.45) is 0. The lowest BCUT2D eigenvalue weighted by atomic mass is 10.3. The fourth-order valence-electron chi connectivity index (χ4n) is 1.11. The van der Waals surface area contributed by atoms with E-state index in [-0.39, 0.29) is 17.6 Å². The fraction of sp³-hybridized carbons (Fsp3) is 0. The molecule has 17 heavy (non-hydrogen) atoms. The van der Waals surface area contributed by atoms with E-state index in [1.54, 1.807) is 0 Å². The normalized spacial score (nSPS) is 10.3. The van der Waals surface area contributed by atoms with Crippen LogP contribution in [0.25, 0.3) is 0 Å². The molecule has 0 fully saturated rings. The van der Waals surface area contributed by atoms with E-state index in [9.17, 15) is 4.39 Å². The van der Waals surface area contributed by atoms with Crippen molar-refractivity contribution in [3.05, 3.63) is 39.2 Å². The van der Waals surface area contributed by atoms with Crippen LogP contribution < -0.4 is 10.5 Å². The van der Waals surface area contributed by atoms with Crippen LogP contribution in [0, 0.1) is 5.82 Å². The molecule has 0 spiro atoms. The summed E-state index contributed by atoms with van der Waals surface area (Å²) in [5, 5.41) is 0. The number of nitrogen functional groups attached to an aromatic ring is 1. The summed E-state index contributed by atoms with van der Waals surface area (Å²) in [6.45, 7) is 0. The van der Waals surface area contributed by atoms with Crippen LogP contribution in [-0.4, -0.2) is 9.97 Å². The molecule has 0 aliphatic carbocycles. The van der Waals surface area contributed by atoms with Crippen molar-refractivity contribution in [3.8, 4) is 11.8 Å². The van der Waals surface area contributed by atoms with Crippen LogP contribution in [0.5, 0.6) is 11.8 Å². The first-order valence-electron chi connectivity index (χ1n) is 4.47. The maximum absolute atomic E-state index is 13.0. The Kier molecular flexibility index (Phi) is 3.58. The topological polar surface area (TPSA) is 61.0 Å². The molecule has 0 amide bonds. The monoisotopic (exact) mass is 361 g/mol. The van der Waals surface area contributed by atoms with Crippen LogP contribution in [-0.2, 0) is 0 Å². The molecule has 1 aromatic heterocycles. The molecular formula is C10H6Br2FN3O. The Hall–Kier alpha value is -1.21. The third kappa shape index (κ3) is 3.13. The number of hydrogen-bond donors (Lipinski definition) is 1. The van der Waals surface area contributed by atoms with Crippen molar-refractivity contribution in [3.63, 3.8) is 0 Å². The van der Waals surface area contributed by atoms with E-state index in [2.05, 4.69) is 41.8 Å². The minimum absolute atomic E-state index is 0.0446. The minimum atomic E-state index is -0.411. The van der Waals surface area contributed by atoms with E-state index >= 15 is 0 Å². The SMILES string of the molecule is Nc1cc(Br)nc(Oc2cc(F)ccc2Br)n1. The second kappa shape index (κ2) is 4.97. The highest BCUT2D eigenvalue weighted by Gasteiger charge is 2.08. The Morgan fingerprint density at radius 3 is 2.65 bits per heavy atom. The molecule has 2 aromatic rings. The highest BCUT2D eigenvalue weighted by Crippen LogP contribution is 2.29. The number of rotatable bonds is 2. The average Bonchev–Trinajstić information content (AvgIpc) is 2.22. The molecule has 4 nitrogen and oxygen atoms in total. The summed E-state index contributed by atoms with van der Waals surface area (Å²) >= 11 is 6.40. The summed E-state index contributed by atoms with van der Waals surface area (Å²) in [7, 11) is 0. The minimum Gasteiger partial charge on any atom is -0.423 e. The van der Waals surface area contributed by atoms with Crippen molar-refractivity contribution in [1.82, 2.24) is 9.97 Å². The van der Waals surface area contributed by atoms with Gasteiger partial charge in [0.1, 0.15) is 22.0 Å². The second-order valence-electron chi connectivity index (χ2n) is 3.07. The zero-order valence-corrected chi connectivity index (χ0v) is 11.5. The van der Waals surface area contributed by atoms with Crippen LogP contribution in [0.3, 0.4) is 0 Å². The molecule has 88 valence electrons. The van der Waals surface area contributed by atoms with E-state index in [1.165, 1.54) is 24.3 Å². The first-order chi connectivity index (χ1) is 8.04. The summed E-state index contributed by atoms with van der Waals surface area (Å²) in [5.41, 5.74) is 5.53. The molecule has 1 heterocycles. The Labute approximate surface area is 113 Å². The van der Waals surface area contributed by atoms with Gasteiger partial charge >= 0.3 is 6.01 Å². The zero-order valence-electron chi connectivity index (χ0n) is 8.32. The lowest BCUT2D eigenvalue weighted by molar-refractivity contribution is 0.435. The van der Waals surface area contributed by atoms with Crippen LogP contribution in [0.2, 0.25) is 0 Å². The molecule has 0 radical (unpaired) electrons. The summed E-state index contributed by atoms with van der Waals surface area (Å²) in [5.74, 6) is 0.128. The lowest BCUT2D eigenvalue weighted by Gasteiger charge is -2.06. The first-order valence-corrected chi connectivity index (χ1v) is 6.06. The number of hydrogen-bond acceptors (Lipinski definition) is 4. The maximum atomic E-state index is 13.0. The standard InChI is InChI=1S/C10H6Br2FN3O/c11-6-2-1-5(13)3-7(6)17-10-15-8(12)4-9(14)16-10/h1-4H,(H2,14,15,16). The zero-order chi connectivity index (χ0) is 12.4. The van der Waals surface area contributed by atoms with E-state index in [4.69, 9.17) is 10.5 Å². The Morgan fingerprint density at radius 1 is 1.18 bits per heavy atom. The summed E-state index contributed by atoms with van der Waals surface area (Å²) in [4.78, 5) is 7.83. The Bertz CT molecular complexity index is 545. The second-order valence-corrected chi connectivity index (χ2v) is 4.74. The van der Waals surface area contributed by atoms with Gasteiger partial charge in [0.15, 0.2) is 0 Å². The number of nitrogens with zero attached hydrogens (tertiary/aromatic N) is 2. The average molecular weight is 363 g/mol. The van der Waals surface area contributed by atoms with Crippen LogP contribution in [0.1, 0.15) is 0 Å². The van der Waals surface area contributed by atoms with Gasteiger partial charge in [0.05, 0.1) is 4.47 Å². The first kappa shape index (κ1) is 12.3. The van der Waals surface area contributed by atoms with E-state index in [0.29, 0.717) is 9.08 Å². The number of aromatic nitrogens is 2. The lowest BCUT2D eigenvalue weighted by Crippen LogP contribution is -1.97. The van der Waals surface area contributed by atoms with Crippen molar-refractivity contribution >= 4 is 37.7 Å². The maximum Gasteiger partial charge on any atom is 0.325 e. The predicted molar refractivity (Wildman–Crippen MR) is 68.3 cm³/mol. The van der Waals surface area contributed by atoms with Crippen LogP contribution in [0.4, 0.5) is 10.2 Å². The molecule has 0 aliphatic heterocycles. The van der Waals surface area contributed by atoms with E-state index in [0.717, 1.165) is 0 Å². The molecule has 0 unspecified atom stereocenters. The number of halogens is 3. The van der Waals surface area contributed by atoms with Crippen LogP contribution in [0.15, 0.2) is 33.3 Å². The molecule has 0 saturated heterocycles. The van der Waals surface area contributed by atoms with Gasteiger partial charge in [-0.2, -0.15) is 9.97 Å². The molecule has 0 aliphatic rings. The van der Waals surface area contributed by atoms with Gasteiger partial charge in [-0.3, -0.25) is 0 Å². The number of anilines is 1. The van der Waals surface area contributed by atoms with Gasteiger partial charge < -0.3 is 10.5 Å². The van der Waals surface area contributed by atoms with Crippen LogP contribution >= 0.6 is 31.9 Å². The highest BCUT2D eigenvalue weighted by atomic mass is 79.9. The number of benzene rings is 1. The van der Waals surface area contributed by atoms with Gasteiger partial charge in [0.25, 0.3) is 0 Å². The molecule has 7 heteroatoms. The van der Waals surface area contributed by atoms with E-state index in [1.807, 2.05) is 0 Å². The number of ether oxygens (including phenoxy) is 1. The number of nitrogens with two attached hydrogens (primary N) is 1. The van der Waals surface area contributed by atoms with Gasteiger partial charge in [-0.15, -0.1) is 0 Å². The predicted octanol–water partition coefficient (Wildman–Crippen LogP) is 3.52. The van der Waals surface area contributed by atoms with Crippen molar-refractivity contribution in [2.45, 2.75) is 0 Å². The van der Waals surface area contributed by atoms with Gasteiger partial charge in [-0.25, -0.2) is 4.39 Å². The molecule has 1 aromatic carbocycles. The molecule has 0 atom stereocenters. The molecule has 0 bridgehead atoms. The van der Waals surface area contributed by atoms with Crippen molar-refractivity contribution < 1.29 is 9.13 Å². The third-order valence-electron chi connectivity index (χ3n) is 1.79. The third-order valence-corrected chi connectivity index (χ3v) is 2.85. The fourth-order valence-corrected chi connectivity index (χ4v) is 1.83. The van der Waals surface area contributed by atoms with Gasteiger partial charge in [-0.05, 0) is 44.0 Å². The quantitative estimate of drug-likeness (QED) is 0.830. The van der Waals surface area contributed by atoms with E-state index < -0.39 is 5.82 Å². The van der Waals surface area contributed by atoms with Crippen molar-refractivity contribution in [2.24, 2.45) is 0 Å². The van der Waals surface area contributed by atoms with Crippen molar-refractivity contribution in [2.75, 3.05) is 5.73 Å². The Morgan fingerprint density at radius 2 is 1.94 bits per heavy atom. The Balaban J connectivity index is 2.34. The van der Waals surface area contributed by atoms with Gasteiger partial charge in [-0.1, -0.05) is 0 Å².